The highest BCUT2D eigenvalue weighted by atomic mass is 35.5. The summed E-state index contributed by atoms with van der Waals surface area (Å²) in [5.74, 6) is 0. The molecule has 0 aromatic carbocycles. The van der Waals surface area contributed by atoms with Crippen molar-refractivity contribution in [3.8, 4) is 0 Å². The van der Waals surface area contributed by atoms with Gasteiger partial charge in [-0.1, -0.05) is 11.6 Å². The van der Waals surface area contributed by atoms with Crippen LogP contribution in [0.4, 0.5) is 0 Å². The Hall–Kier alpha value is -0.340. The van der Waals surface area contributed by atoms with Crippen molar-refractivity contribution in [2.75, 3.05) is 0 Å². The second-order valence-corrected chi connectivity index (χ2v) is 3.42. The number of hydrogen-bond donors (Lipinski definition) is 0. The van der Waals surface area contributed by atoms with Crippen molar-refractivity contribution in [1.29, 1.82) is 0 Å². The highest BCUT2D eigenvalue weighted by Crippen LogP contribution is 2.36. The molecule has 0 N–H and O–H groups in total. The molecule has 1 aliphatic carbocycles. The van der Waals surface area contributed by atoms with E-state index in [1.807, 2.05) is 0 Å². The molecule has 0 saturated carbocycles. The van der Waals surface area contributed by atoms with Gasteiger partial charge in [0, 0.05) is 5.56 Å². The molecule has 1 unspecified atom stereocenters. The molecule has 2 nitrogen and oxygen atoms in total. The summed E-state index contributed by atoms with van der Waals surface area (Å²) in [7, 11) is 0. The van der Waals surface area contributed by atoms with E-state index in [0.717, 1.165) is 24.1 Å². The van der Waals surface area contributed by atoms with Gasteiger partial charge in [-0.2, -0.15) is 0 Å². The molecular weight excluding hydrogens is 183 g/mol. The van der Waals surface area contributed by atoms with Crippen LogP contribution in [0.2, 0.25) is 5.15 Å². The van der Waals surface area contributed by atoms with Gasteiger partial charge in [-0.05, 0) is 12.8 Å². The summed E-state index contributed by atoms with van der Waals surface area (Å²) in [6.45, 7) is 0. The summed E-state index contributed by atoms with van der Waals surface area (Å²) in [6, 6.07) is 0. The van der Waals surface area contributed by atoms with Crippen LogP contribution in [0.5, 0.6) is 0 Å². The van der Waals surface area contributed by atoms with Gasteiger partial charge in [0.2, 0.25) is 0 Å². The highest BCUT2D eigenvalue weighted by Gasteiger charge is 2.24. The van der Waals surface area contributed by atoms with E-state index in [1.54, 1.807) is 0 Å². The molecule has 1 heterocycles. The first kappa shape index (κ1) is 7.32. The van der Waals surface area contributed by atoms with E-state index in [1.165, 1.54) is 6.33 Å². The Balaban J connectivity index is 2.57. The SMILES string of the molecule is Clc1ncnc2c1CCC2Cl. The maximum atomic E-state index is 5.97. The Kier molecular flexibility index (Phi) is 1.74. The minimum Gasteiger partial charge on any atom is -0.239 e. The van der Waals surface area contributed by atoms with Gasteiger partial charge in [-0.25, -0.2) is 9.97 Å². The van der Waals surface area contributed by atoms with Gasteiger partial charge in [0.25, 0.3) is 0 Å². The number of rotatable bonds is 0. The third-order valence-electron chi connectivity index (χ3n) is 1.87. The fourth-order valence-electron chi connectivity index (χ4n) is 1.31. The molecule has 0 spiro atoms. The molecule has 0 fully saturated rings. The highest BCUT2D eigenvalue weighted by molar-refractivity contribution is 6.30. The summed E-state index contributed by atoms with van der Waals surface area (Å²) in [4.78, 5) is 7.95. The van der Waals surface area contributed by atoms with Crippen LogP contribution in [-0.2, 0) is 6.42 Å². The summed E-state index contributed by atoms with van der Waals surface area (Å²) in [5, 5.41) is 0.587. The van der Waals surface area contributed by atoms with Crippen molar-refractivity contribution in [2.24, 2.45) is 0 Å². The molecule has 2 rings (SSSR count). The predicted molar refractivity (Wildman–Crippen MR) is 44.0 cm³/mol. The Morgan fingerprint density at radius 2 is 2.27 bits per heavy atom. The minimum atomic E-state index is 0.0329. The fraction of sp³-hybridized carbons (Fsp3) is 0.429. The molecule has 0 bridgehead atoms. The maximum Gasteiger partial charge on any atom is 0.135 e. The first-order valence-electron chi connectivity index (χ1n) is 3.42. The van der Waals surface area contributed by atoms with Gasteiger partial charge in [-0.15, -0.1) is 11.6 Å². The van der Waals surface area contributed by atoms with Crippen LogP contribution in [0.25, 0.3) is 0 Å². The Morgan fingerprint density at radius 1 is 1.45 bits per heavy atom. The van der Waals surface area contributed by atoms with E-state index in [9.17, 15) is 0 Å². The van der Waals surface area contributed by atoms with Gasteiger partial charge in [0.05, 0.1) is 11.1 Å². The van der Waals surface area contributed by atoms with Crippen LogP contribution in [0.3, 0.4) is 0 Å². The van der Waals surface area contributed by atoms with E-state index in [-0.39, 0.29) is 5.38 Å². The van der Waals surface area contributed by atoms with Gasteiger partial charge in [0.15, 0.2) is 0 Å². The number of hydrogen-bond acceptors (Lipinski definition) is 2. The van der Waals surface area contributed by atoms with Crippen molar-refractivity contribution in [1.82, 2.24) is 9.97 Å². The van der Waals surface area contributed by atoms with Crippen LogP contribution in [0.1, 0.15) is 23.1 Å². The summed E-state index contributed by atoms with van der Waals surface area (Å²) >= 11 is 11.8. The maximum absolute atomic E-state index is 5.97. The molecule has 1 atom stereocenters. The molecule has 1 aromatic heterocycles. The topological polar surface area (TPSA) is 25.8 Å². The molecule has 0 radical (unpaired) electrons. The standard InChI is InChI=1S/C7H6Cl2N2/c8-5-2-1-4-6(5)10-3-11-7(4)9/h3,5H,1-2H2. The molecule has 0 amide bonds. The van der Waals surface area contributed by atoms with Crippen LogP contribution < -0.4 is 0 Å². The number of alkyl halides is 1. The minimum absolute atomic E-state index is 0.0329. The van der Waals surface area contributed by atoms with E-state index in [2.05, 4.69) is 9.97 Å². The summed E-state index contributed by atoms with van der Waals surface area (Å²) in [5.41, 5.74) is 1.93. The van der Waals surface area contributed by atoms with E-state index in [0.29, 0.717) is 5.15 Å². The Morgan fingerprint density at radius 3 is 3.00 bits per heavy atom. The lowest BCUT2D eigenvalue weighted by molar-refractivity contribution is 0.867. The Labute approximate surface area is 74.6 Å². The summed E-state index contributed by atoms with van der Waals surface area (Å²) in [6.07, 6.45) is 3.29. The first-order valence-corrected chi connectivity index (χ1v) is 4.24. The van der Waals surface area contributed by atoms with Gasteiger partial charge < -0.3 is 0 Å². The second-order valence-electron chi connectivity index (χ2n) is 2.53. The molecule has 1 aliphatic rings. The van der Waals surface area contributed by atoms with E-state index >= 15 is 0 Å². The van der Waals surface area contributed by atoms with Crippen molar-refractivity contribution < 1.29 is 0 Å². The zero-order valence-corrected chi connectivity index (χ0v) is 7.23. The molecule has 0 saturated heterocycles. The quantitative estimate of drug-likeness (QED) is 0.462. The first-order chi connectivity index (χ1) is 5.29. The molecule has 58 valence electrons. The fourth-order valence-corrected chi connectivity index (χ4v) is 1.84. The largest absolute Gasteiger partial charge is 0.239 e. The number of halogens is 2. The normalized spacial score (nSPS) is 21.8. The number of fused-ring (bicyclic) bond motifs is 1. The van der Waals surface area contributed by atoms with Gasteiger partial charge in [-0.3, -0.25) is 0 Å². The van der Waals surface area contributed by atoms with E-state index < -0.39 is 0 Å². The zero-order valence-electron chi connectivity index (χ0n) is 5.72. The van der Waals surface area contributed by atoms with Crippen molar-refractivity contribution >= 4 is 23.2 Å². The van der Waals surface area contributed by atoms with Crippen LogP contribution in [-0.4, -0.2) is 9.97 Å². The van der Waals surface area contributed by atoms with Crippen molar-refractivity contribution in [3.05, 3.63) is 22.7 Å². The molecular formula is C7H6Cl2N2. The number of nitrogens with zero attached hydrogens (tertiary/aromatic N) is 2. The lowest BCUT2D eigenvalue weighted by Gasteiger charge is -1.99. The molecule has 11 heavy (non-hydrogen) atoms. The molecule has 1 aromatic rings. The Bertz CT molecular complexity index is 288. The lowest BCUT2D eigenvalue weighted by atomic mass is 10.3. The second kappa shape index (κ2) is 2.61. The third kappa shape index (κ3) is 1.10. The van der Waals surface area contributed by atoms with Gasteiger partial charge in [0.1, 0.15) is 11.5 Å². The van der Waals surface area contributed by atoms with Gasteiger partial charge >= 0.3 is 0 Å². The number of aromatic nitrogens is 2. The van der Waals surface area contributed by atoms with Crippen LogP contribution in [0, 0.1) is 0 Å². The van der Waals surface area contributed by atoms with Crippen LogP contribution >= 0.6 is 23.2 Å². The predicted octanol–water partition coefficient (Wildman–Crippen LogP) is 2.36. The smallest absolute Gasteiger partial charge is 0.135 e. The lowest BCUT2D eigenvalue weighted by Crippen LogP contribution is -1.92. The average molecular weight is 189 g/mol. The third-order valence-corrected chi connectivity index (χ3v) is 2.62. The summed E-state index contributed by atoms with van der Waals surface area (Å²) < 4.78 is 0. The zero-order chi connectivity index (χ0) is 7.84. The molecule has 0 aliphatic heterocycles. The average Bonchev–Trinajstić information content (AvgIpc) is 2.35. The monoisotopic (exact) mass is 188 g/mol. The van der Waals surface area contributed by atoms with E-state index in [4.69, 9.17) is 23.2 Å². The molecule has 4 heteroatoms. The van der Waals surface area contributed by atoms with Crippen molar-refractivity contribution in [3.63, 3.8) is 0 Å². The van der Waals surface area contributed by atoms with Crippen LogP contribution in [0.15, 0.2) is 6.33 Å². The van der Waals surface area contributed by atoms with Crippen molar-refractivity contribution in [2.45, 2.75) is 18.2 Å².